The molecule has 32 heavy (non-hydrogen) atoms. The number of aliphatic imine (C=N–C) groups is 1. The molecule has 0 saturated carbocycles. The van der Waals surface area contributed by atoms with Gasteiger partial charge in [-0.3, -0.25) is 9.89 Å². The minimum absolute atomic E-state index is 0. The van der Waals surface area contributed by atoms with Crippen molar-refractivity contribution in [3.05, 3.63) is 89.4 Å². The molecule has 0 unspecified atom stereocenters. The molecule has 0 aliphatic carbocycles. The number of nitrogens with zero attached hydrogens (tertiary/aromatic N) is 2. The van der Waals surface area contributed by atoms with Gasteiger partial charge in [0.25, 0.3) is 0 Å². The number of benzene rings is 2. The van der Waals surface area contributed by atoms with Crippen LogP contribution in [0.25, 0.3) is 0 Å². The summed E-state index contributed by atoms with van der Waals surface area (Å²) >= 11 is 0. The van der Waals surface area contributed by atoms with Gasteiger partial charge in [-0.25, -0.2) is 0 Å². The molecular weight excluding hydrogens is 515 g/mol. The van der Waals surface area contributed by atoms with Crippen LogP contribution in [0.3, 0.4) is 0 Å². The second-order valence-corrected chi connectivity index (χ2v) is 7.47. The molecule has 1 heterocycles. The van der Waals surface area contributed by atoms with Crippen LogP contribution in [0.1, 0.15) is 22.5 Å². The van der Waals surface area contributed by atoms with Gasteiger partial charge in [-0.15, -0.1) is 24.0 Å². The summed E-state index contributed by atoms with van der Waals surface area (Å²) in [4.78, 5) is 6.60. The van der Waals surface area contributed by atoms with Crippen LogP contribution >= 0.6 is 24.0 Å². The van der Waals surface area contributed by atoms with Crippen molar-refractivity contribution in [2.24, 2.45) is 4.99 Å². The van der Waals surface area contributed by atoms with Gasteiger partial charge in [-0.05, 0) is 54.4 Å². The van der Waals surface area contributed by atoms with Crippen molar-refractivity contribution in [3.8, 4) is 5.75 Å². The lowest BCUT2D eigenvalue weighted by atomic mass is 10.1. The number of halogens is 1. The fraction of sp³-hybridized carbons (Fsp3) is 0.320. The Bertz CT molecular complexity index is 943. The van der Waals surface area contributed by atoms with E-state index < -0.39 is 0 Å². The number of ether oxygens (including phenoxy) is 1. The van der Waals surface area contributed by atoms with Crippen molar-refractivity contribution >= 4 is 29.9 Å². The first-order valence-corrected chi connectivity index (χ1v) is 10.5. The SMILES string of the molecule is CN=C(NCCc1ccc(OC)cc1)NCc1ccccc1CN(C)Cc1ccco1.I. The van der Waals surface area contributed by atoms with Crippen LogP contribution in [-0.2, 0) is 26.1 Å². The summed E-state index contributed by atoms with van der Waals surface area (Å²) in [6.07, 6.45) is 2.63. The Morgan fingerprint density at radius 2 is 1.72 bits per heavy atom. The minimum atomic E-state index is 0. The van der Waals surface area contributed by atoms with Crippen LogP contribution in [0.4, 0.5) is 0 Å². The second kappa shape index (κ2) is 13.8. The number of methoxy groups -OCH3 is 1. The van der Waals surface area contributed by atoms with Crippen LogP contribution in [0.5, 0.6) is 5.75 Å². The third-order valence-electron chi connectivity index (χ3n) is 5.10. The normalized spacial score (nSPS) is 11.2. The number of hydrogen-bond acceptors (Lipinski definition) is 4. The van der Waals surface area contributed by atoms with Crippen LogP contribution in [-0.4, -0.2) is 38.6 Å². The monoisotopic (exact) mass is 548 g/mol. The van der Waals surface area contributed by atoms with Crippen molar-refractivity contribution in [1.82, 2.24) is 15.5 Å². The highest BCUT2D eigenvalue weighted by molar-refractivity contribution is 14.0. The van der Waals surface area contributed by atoms with Crippen molar-refractivity contribution in [2.75, 3.05) is 27.7 Å². The lowest BCUT2D eigenvalue weighted by Gasteiger charge is -2.19. The van der Waals surface area contributed by atoms with Gasteiger partial charge in [0.1, 0.15) is 11.5 Å². The number of guanidine groups is 1. The van der Waals surface area contributed by atoms with E-state index in [2.05, 4.69) is 64.0 Å². The van der Waals surface area contributed by atoms with E-state index in [9.17, 15) is 0 Å². The molecule has 1 aromatic heterocycles. The highest BCUT2D eigenvalue weighted by Gasteiger charge is 2.08. The molecule has 0 spiro atoms. The van der Waals surface area contributed by atoms with Gasteiger partial charge in [0.05, 0.1) is 19.9 Å². The molecule has 0 aliphatic heterocycles. The number of nitrogens with one attached hydrogen (secondary N) is 2. The highest BCUT2D eigenvalue weighted by atomic mass is 127. The molecule has 0 atom stereocenters. The maximum absolute atomic E-state index is 5.46. The lowest BCUT2D eigenvalue weighted by Crippen LogP contribution is -2.38. The van der Waals surface area contributed by atoms with Crippen molar-refractivity contribution in [1.29, 1.82) is 0 Å². The summed E-state index contributed by atoms with van der Waals surface area (Å²) < 4.78 is 10.7. The molecule has 3 rings (SSSR count). The molecule has 0 bridgehead atoms. The fourth-order valence-corrected chi connectivity index (χ4v) is 3.42. The Labute approximate surface area is 208 Å². The van der Waals surface area contributed by atoms with Gasteiger partial charge >= 0.3 is 0 Å². The molecule has 0 saturated heterocycles. The number of furan rings is 1. The first kappa shape index (κ1) is 25.7. The van der Waals surface area contributed by atoms with E-state index in [0.717, 1.165) is 43.5 Å². The third-order valence-corrected chi connectivity index (χ3v) is 5.10. The van der Waals surface area contributed by atoms with E-state index in [4.69, 9.17) is 9.15 Å². The third kappa shape index (κ3) is 8.20. The lowest BCUT2D eigenvalue weighted by molar-refractivity contribution is 0.287. The maximum atomic E-state index is 5.46. The molecule has 2 N–H and O–H groups in total. The molecule has 6 nitrogen and oxygen atoms in total. The molecule has 7 heteroatoms. The first-order valence-electron chi connectivity index (χ1n) is 10.5. The molecule has 2 aromatic carbocycles. The Hall–Kier alpha value is -2.52. The molecule has 0 amide bonds. The van der Waals surface area contributed by atoms with Gasteiger partial charge in [-0.1, -0.05) is 36.4 Å². The summed E-state index contributed by atoms with van der Waals surface area (Å²) in [5.74, 6) is 2.65. The van der Waals surface area contributed by atoms with E-state index in [-0.39, 0.29) is 24.0 Å². The second-order valence-electron chi connectivity index (χ2n) is 7.47. The Morgan fingerprint density at radius 1 is 0.969 bits per heavy atom. The largest absolute Gasteiger partial charge is 0.497 e. The fourth-order valence-electron chi connectivity index (χ4n) is 3.42. The molecule has 0 fully saturated rings. The maximum Gasteiger partial charge on any atom is 0.191 e. The highest BCUT2D eigenvalue weighted by Crippen LogP contribution is 2.14. The average molecular weight is 548 g/mol. The van der Waals surface area contributed by atoms with Gasteiger partial charge < -0.3 is 19.8 Å². The standard InChI is InChI=1S/C25H32N4O2.HI/c1-26-25(27-15-14-20-10-12-23(30-3)13-11-20)28-17-21-7-4-5-8-22(21)18-29(2)19-24-9-6-16-31-24;/h4-13,16H,14-15,17-19H2,1-3H3,(H2,26,27,28);1H. The Balaban J connectivity index is 0.00000363. The smallest absolute Gasteiger partial charge is 0.191 e. The first-order chi connectivity index (χ1) is 15.2. The summed E-state index contributed by atoms with van der Waals surface area (Å²) in [6, 6.07) is 20.6. The van der Waals surface area contributed by atoms with E-state index >= 15 is 0 Å². The van der Waals surface area contributed by atoms with E-state index in [1.807, 2.05) is 24.3 Å². The van der Waals surface area contributed by atoms with E-state index in [1.165, 1.54) is 16.7 Å². The van der Waals surface area contributed by atoms with E-state index in [0.29, 0.717) is 6.54 Å². The average Bonchev–Trinajstić information content (AvgIpc) is 3.30. The van der Waals surface area contributed by atoms with Crippen LogP contribution < -0.4 is 15.4 Å². The van der Waals surface area contributed by atoms with Crippen molar-refractivity contribution in [2.45, 2.75) is 26.1 Å². The number of rotatable bonds is 10. The van der Waals surface area contributed by atoms with Gasteiger partial charge in [0.15, 0.2) is 5.96 Å². The predicted octanol–water partition coefficient (Wildman–Crippen LogP) is 4.45. The molecule has 0 radical (unpaired) electrons. The predicted molar refractivity (Wildman–Crippen MR) is 141 cm³/mol. The summed E-state index contributed by atoms with van der Waals surface area (Å²) in [5.41, 5.74) is 3.80. The Kier molecular flexibility index (Phi) is 11.1. The van der Waals surface area contributed by atoms with Crippen LogP contribution in [0, 0.1) is 0 Å². The zero-order valence-corrected chi connectivity index (χ0v) is 21.3. The zero-order chi connectivity index (χ0) is 21.9. The summed E-state index contributed by atoms with van der Waals surface area (Å²) in [7, 11) is 5.58. The minimum Gasteiger partial charge on any atom is -0.497 e. The molecule has 3 aromatic rings. The molecule has 0 aliphatic rings. The summed E-state index contributed by atoms with van der Waals surface area (Å²) in [6.45, 7) is 3.15. The van der Waals surface area contributed by atoms with Gasteiger partial charge in [0, 0.05) is 26.7 Å². The van der Waals surface area contributed by atoms with Crippen LogP contribution in [0.15, 0.2) is 76.3 Å². The van der Waals surface area contributed by atoms with Gasteiger partial charge in [-0.2, -0.15) is 0 Å². The van der Waals surface area contributed by atoms with Gasteiger partial charge in [0.2, 0.25) is 0 Å². The summed E-state index contributed by atoms with van der Waals surface area (Å²) in [5, 5.41) is 6.82. The quantitative estimate of drug-likeness (QED) is 0.223. The van der Waals surface area contributed by atoms with E-state index in [1.54, 1.807) is 20.4 Å². The topological polar surface area (TPSA) is 62.0 Å². The Morgan fingerprint density at radius 3 is 2.38 bits per heavy atom. The van der Waals surface area contributed by atoms with Crippen molar-refractivity contribution in [3.63, 3.8) is 0 Å². The molecular formula is C25H33IN4O2. The zero-order valence-electron chi connectivity index (χ0n) is 19.0. The van der Waals surface area contributed by atoms with Crippen LogP contribution in [0.2, 0.25) is 0 Å². The van der Waals surface area contributed by atoms with Crippen molar-refractivity contribution < 1.29 is 9.15 Å². The number of hydrogen-bond donors (Lipinski definition) is 2. The molecule has 172 valence electrons.